The first-order chi connectivity index (χ1) is 15.9. The molecule has 1 unspecified atom stereocenters. The summed E-state index contributed by atoms with van der Waals surface area (Å²) in [6, 6.07) is 18.8. The Morgan fingerprint density at radius 2 is 1.61 bits per heavy atom. The molecule has 0 bridgehead atoms. The number of carbonyl (C=O) groups excluding carboxylic acids is 2. The molecule has 1 amide bonds. The van der Waals surface area contributed by atoms with E-state index in [1.54, 1.807) is 35.2 Å². The zero-order chi connectivity index (χ0) is 23.3. The van der Waals surface area contributed by atoms with Crippen molar-refractivity contribution in [1.29, 1.82) is 0 Å². The number of aryl methyl sites for hydroxylation is 2. The first-order valence-corrected chi connectivity index (χ1v) is 10.6. The largest absolute Gasteiger partial charge is 0.465 e. The van der Waals surface area contributed by atoms with Crippen LogP contribution in [-0.2, 0) is 4.74 Å². The van der Waals surface area contributed by atoms with Crippen LogP contribution in [0.2, 0.25) is 0 Å². The zero-order valence-corrected chi connectivity index (χ0v) is 18.4. The van der Waals surface area contributed by atoms with Crippen LogP contribution < -0.4 is 10.3 Å². The van der Waals surface area contributed by atoms with Crippen molar-refractivity contribution in [3.05, 3.63) is 111 Å². The summed E-state index contributed by atoms with van der Waals surface area (Å²) in [7, 11) is 1.32. The first-order valence-electron chi connectivity index (χ1n) is 10.6. The fraction of sp³-hybridized carbons (Fsp3) is 0.148. The average Bonchev–Trinajstić information content (AvgIpc) is 3.13. The topological polar surface area (TPSA) is 76.8 Å². The summed E-state index contributed by atoms with van der Waals surface area (Å²) >= 11 is 0. The second kappa shape index (κ2) is 7.74. The summed E-state index contributed by atoms with van der Waals surface area (Å²) < 4.78 is 10.8. The lowest BCUT2D eigenvalue weighted by molar-refractivity contribution is 0.0600. The lowest BCUT2D eigenvalue weighted by atomic mass is 9.96. The van der Waals surface area contributed by atoms with Gasteiger partial charge in [-0.1, -0.05) is 30.3 Å². The Bertz CT molecular complexity index is 1470. The Balaban J connectivity index is 1.77. The predicted octanol–water partition coefficient (Wildman–Crippen LogP) is 4.95. The number of para-hydroxylation sites is 1. The van der Waals surface area contributed by atoms with Crippen molar-refractivity contribution in [2.45, 2.75) is 19.9 Å². The monoisotopic (exact) mass is 439 g/mol. The van der Waals surface area contributed by atoms with Gasteiger partial charge in [-0.15, -0.1) is 0 Å². The van der Waals surface area contributed by atoms with Crippen LogP contribution >= 0.6 is 0 Å². The van der Waals surface area contributed by atoms with Gasteiger partial charge in [-0.25, -0.2) is 4.79 Å². The number of hydrogen-bond donors (Lipinski definition) is 0. The Hall–Kier alpha value is -4.19. The molecular weight excluding hydrogens is 418 g/mol. The average molecular weight is 439 g/mol. The van der Waals surface area contributed by atoms with Crippen LogP contribution in [0.1, 0.15) is 49.2 Å². The van der Waals surface area contributed by atoms with Crippen LogP contribution in [0.5, 0.6) is 0 Å². The molecule has 5 rings (SSSR count). The number of methoxy groups -OCH3 is 1. The minimum Gasteiger partial charge on any atom is -0.465 e. The Labute approximate surface area is 190 Å². The predicted molar refractivity (Wildman–Crippen MR) is 125 cm³/mol. The smallest absolute Gasteiger partial charge is 0.337 e. The maximum Gasteiger partial charge on any atom is 0.337 e. The highest BCUT2D eigenvalue weighted by atomic mass is 16.5. The van der Waals surface area contributed by atoms with Crippen molar-refractivity contribution in [1.82, 2.24) is 0 Å². The molecule has 2 heterocycles. The molecule has 1 atom stereocenters. The molecule has 0 radical (unpaired) electrons. The van der Waals surface area contributed by atoms with Crippen molar-refractivity contribution in [3.8, 4) is 0 Å². The van der Waals surface area contributed by atoms with E-state index in [1.165, 1.54) is 7.11 Å². The van der Waals surface area contributed by atoms with Crippen LogP contribution in [0.15, 0.2) is 75.9 Å². The summed E-state index contributed by atoms with van der Waals surface area (Å²) in [5, 5.41) is 0.441. The van der Waals surface area contributed by atoms with Crippen molar-refractivity contribution in [2.75, 3.05) is 12.0 Å². The molecule has 1 aromatic heterocycles. The second-order valence-corrected chi connectivity index (χ2v) is 8.13. The minimum atomic E-state index is -0.691. The molecule has 6 nitrogen and oxygen atoms in total. The molecule has 0 spiro atoms. The number of hydrogen-bond acceptors (Lipinski definition) is 5. The molecule has 164 valence electrons. The van der Waals surface area contributed by atoms with Crippen molar-refractivity contribution in [2.24, 2.45) is 0 Å². The van der Waals surface area contributed by atoms with Gasteiger partial charge in [0, 0.05) is 5.69 Å². The quantitative estimate of drug-likeness (QED) is 0.422. The number of benzene rings is 3. The van der Waals surface area contributed by atoms with Crippen LogP contribution in [0.4, 0.5) is 5.69 Å². The molecule has 4 aromatic rings. The molecule has 1 aliphatic heterocycles. The number of rotatable bonds is 3. The van der Waals surface area contributed by atoms with E-state index < -0.39 is 12.0 Å². The van der Waals surface area contributed by atoms with Crippen LogP contribution in [0.25, 0.3) is 11.0 Å². The highest BCUT2D eigenvalue weighted by Gasteiger charge is 2.43. The van der Waals surface area contributed by atoms with Gasteiger partial charge in [0.05, 0.1) is 29.7 Å². The van der Waals surface area contributed by atoms with E-state index in [0.717, 1.165) is 11.1 Å². The van der Waals surface area contributed by atoms with E-state index in [9.17, 15) is 14.4 Å². The van der Waals surface area contributed by atoms with Crippen molar-refractivity contribution in [3.63, 3.8) is 0 Å². The fourth-order valence-electron chi connectivity index (χ4n) is 4.32. The summed E-state index contributed by atoms with van der Waals surface area (Å²) in [4.78, 5) is 40.7. The third-order valence-electron chi connectivity index (χ3n) is 6.17. The zero-order valence-electron chi connectivity index (χ0n) is 18.4. The number of ether oxygens (including phenoxy) is 1. The summed E-state index contributed by atoms with van der Waals surface area (Å²) in [6.45, 7) is 3.87. The maximum atomic E-state index is 13.7. The number of nitrogens with zero attached hydrogens (tertiary/aromatic N) is 1. The van der Waals surface area contributed by atoms with Gasteiger partial charge >= 0.3 is 5.97 Å². The van der Waals surface area contributed by atoms with E-state index in [2.05, 4.69) is 0 Å². The van der Waals surface area contributed by atoms with Gasteiger partial charge in [-0.3, -0.25) is 14.5 Å². The third kappa shape index (κ3) is 3.22. The molecule has 33 heavy (non-hydrogen) atoms. The normalized spacial score (nSPS) is 15.1. The molecule has 0 saturated carbocycles. The van der Waals surface area contributed by atoms with Crippen LogP contribution in [-0.4, -0.2) is 19.0 Å². The van der Waals surface area contributed by atoms with Gasteiger partial charge < -0.3 is 9.15 Å². The van der Waals surface area contributed by atoms with Gasteiger partial charge in [0.1, 0.15) is 5.58 Å². The summed E-state index contributed by atoms with van der Waals surface area (Å²) in [5.74, 6) is -0.794. The van der Waals surface area contributed by atoms with Crippen molar-refractivity contribution >= 4 is 28.5 Å². The number of esters is 1. The van der Waals surface area contributed by atoms with Crippen LogP contribution in [0.3, 0.4) is 0 Å². The molecule has 1 aliphatic rings. The van der Waals surface area contributed by atoms with Gasteiger partial charge in [-0.2, -0.15) is 0 Å². The van der Waals surface area contributed by atoms with E-state index in [0.29, 0.717) is 33.3 Å². The lowest BCUT2D eigenvalue weighted by Crippen LogP contribution is -2.29. The number of anilines is 1. The number of fused-ring (bicyclic) bond motifs is 2. The van der Waals surface area contributed by atoms with Gasteiger partial charge in [0.2, 0.25) is 5.76 Å². The molecule has 0 N–H and O–H groups in total. The third-order valence-corrected chi connectivity index (χ3v) is 6.17. The van der Waals surface area contributed by atoms with Crippen LogP contribution in [0, 0.1) is 13.8 Å². The van der Waals surface area contributed by atoms with E-state index in [-0.39, 0.29) is 17.1 Å². The first kappa shape index (κ1) is 20.7. The summed E-state index contributed by atoms with van der Waals surface area (Å²) in [5.41, 5.74) is 4.12. The molecule has 6 heteroatoms. The second-order valence-electron chi connectivity index (χ2n) is 8.13. The molecule has 0 saturated heterocycles. The molecule has 0 aliphatic carbocycles. The Morgan fingerprint density at radius 3 is 2.27 bits per heavy atom. The number of carbonyl (C=O) groups is 2. The summed E-state index contributed by atoms with van der Waals surface area (Å²) in [6.07, 6.45) is 0. The van der Waals surface area contributed by atoms with Crippen molar-refractivity contribution < 1.29 is 18.7 Å². The molecule has 0 fully saturated rings. The van der Waals surface area contributed by atoms with Gasteiger partial charge in [0.15, 0.2) is 5.43 Å². The highest BCUT2D eigenvalue weighted by molar-refractivity contribution is 6.10. The lowest BCUT2D eigenvalue weighted by Gasteiger charge is -2.25. The fourth-order valence-corrected chi connectivity index (χ4v) is 4.32. The number of amides is 1. The van der Waals surface area contributed by atoms with Gasteiger partial charge in [-0.05, 0) is 66.9 Å². The van der Waals surface area contributed by atoms with E-state index in [1.807, 2.05) is 50.2 Å². The SMILES string of the molecule is COC(=O)c1ccc(C2c3c(oc4cc(C)c(C)cc4c3=O)C(=O)N2c2ccccc2)cc1. The maximum absolute atomic E-state index is 13.7. The molecule has 3 aromatic carbocycles. The minimum absolute atomic E-state index is 0.0432. The Morgan fingerprint density at radius 1 is 0.939 bits per heavy atom. The standard InChI is InChI=1S/C27H21NO5/c1-15-13-20-21(14-16(15)2)33-25-22(24(20)29)23(17-9-11-18(12-10-17)27(31)32-3)28(26(25)30)19-7-5-4-6-8-19/h4-14,23H,1-3H3. The Kier molecular flexibility index (Phi) is 4.86. The van der Waals surface area contributed by atoms with Gasteiger partial charge in [0.25, 0.3) is 5.91 Å². The highest BCUT2D eigenvalue weighted by Crippen LogP contribution is 2.41. The van der Waals surface area contributed by atoms with E-state index in [4.69, 9.17) is 9.15 Å². The van der Waals surface area contributed by atoms with E-state index >= 15 is 0 Å². The molecular formula is C27H21NO5.